The number of fused-ring (bicyclic) bond motifs is 1. The second-order valence-electron chi connectivity index (χ2n) is 7.19. The summed E-state index contributed by atoms with van der Waals surface area (Å²) in [5, 5.41) is 9.89. The number of carboxylic acids is 1. The Balaban J connectivity index is 1.87. The number of benzene rings is 1. The number of carbonyl (C=O) groups excluding carboxylic acids is 1. The predicted octanol–water partition coefficient (Wildman–Crippen LogP) is 2.42. The minimum atomic E-state index is -1.02. The van der Waals surface area contributed by atoms with Crippen LogP contribution in [0.15, 0.2) is 24.4 Å². The van der Waals surface area contributed by atoms with E-state index in [-0.39, 0.29) is 17.0 Å². The van der Waals surface area contributed by atoms with Gasteiger partial charge in [-0.3, -0.25) is 9.69 Å². The number of amides is 1. The zero-order valence-electron chi connectivity index (χ0n) is 14.3. The lowest BCUT2D eigenvalue weighted by Gasteiger charge is -2.42. The number of H-pyrrole nitrogens is 1. The SMILES string of the molecule is CC(C)(C)N1CCN(C(=O)c2c[nH]c3cccc(C(=O)O)c23)CC1. The lowest BCUT2D eigenvalue weighted by atomic mass is 10.0. The van der Waals surface area contributed by atoms with Crippen LogP contribution in [0.3, 0.4) is 0 Å². The average molecular weight is 329 g/mol. The van der Waals surface area contributed by atoms with E-state index in [2.05, 4.69) is 30.7 Å². The second-order valence-corrected chi connectivity index (χ2v) is 7.19. The van der Waals surface area contributed by atoms with Crippen LogP contribution in [0.2, 0.25) is 0 Å². The van der Waals surface area contributed by atoms with Gasteiger partial charge in [0.2, 0.25) is 0 Å². The fraction of sp³-hybridized carbons (Fsp3) is 0.444. The molecule has 2 N–H and O–H groups in total. The number of nitrogens with one attached hydrogen (secondary N) is 1. The van der Waals surface area contributed by atoms with Crippen LogP contribution in [-0.4, -0.2) is 63.5 Å². The number of nitrogens with zero attached hydrogens (tertiary/aromatic N) is 2. The van der Waals surface area contributed by atoms with Gasteiger partial charge in [-0.25, -0.2) is 4.79 Å². The molecule has 6 nitrogen and oxygen atoms in total. The molecule has 3 rings (SSSR count). The Morgan fingerprint density at radius 3 is 2.33 bits per heavy atom. The van der Waals surface area contributed by atoms with E-state index in [0.29, 0.717) is 29.6 Å². The maximum atomic E-state index is 12.9. The van der Waals surface area contributed by atoms with Gasteiger partial charge in [0.15, 0.2) is 0 Å². The van der Waals surface area contributed by atoms with Crippen molar-refractivity contribution in [1.82, 2.24) is 14.8 Å². The first-order valence-electron chi connectivity index (χ1n) is 8.17. The molecule has 6 heteroatoms. The van der Waals surface area contributed by atoms with Crippen LogP contribution in [-0.2, 0) is 0 Å². The molecule has 1 aliphatic rings. The summed E-state index contributed by atoms with van der Waals surface area (Å²) in [5.74, 6) is -1.13. The monoisotopic (exact) mass is 329 g/mol. The molecule has 128 valence electrons. The number of hydrogen-bond acceptors (Lipinski definition) is 3. The summed E-state index contributed by atoms with van der Waals surface area (Å²) in [6, 6.07) is 5.00. The number of aromatic carboxylic acids is 1. The zero-order valence-corrected chi connectivity index (χ0v) is 14.3. The fourth-order valence-corrected chi connectivity index (χ4v) is 3.28. The number of piperazine rings is 1. The van der Waals surface area contributed by atoms with E-state index >= 15 is 0 Å². The molecule has 1 amide bonds. The smallest absolute Gasteiger partial charge is 0.336 e. The zero-order chi connectivity index (χ0) is 17.5. The van der Waals surface area contributed by atoms with Crippen molar-refractivity contribution >= 4 is 22.8 Å². The predicted molar refractivity (Wildman–Crippen MR) is 92.5 cm³/mol. The van der Waals surface area contributed by atoms with Gasteiger partial charge < -0.3 is 15.0 Å². The summed E-state index contributed by atoms with van der Waals surface area (Å²) in [6.45, 7) is 9.46. The highest BCUT2D eigenvalue weighted by Crippen LogP contribution is 2.25. The topological polar surface area (TPSA) is 76.6 Å². The molecule has 1 aromatic heterocycles. The molecule has 0 radical (unpaired) electrons. The highest BCUT2D eigenvalue weighted by Gasteiger charge is 2.29. The Morgan fingerprint density at radius 2 is 1.75 bits per heavy atom. The molecule has 0 spiro atoms. The molecule has 0 aliphatic carbocycles. The molecular formula is C18H23N3O3. The first kappa shape index (κ1) is 16.5. The van der Waals surface area contributed by atoms with E-state index in [9.17, 15) is 14.7 Å². The van der Waals surface area contributed by atoms with E-state index in [1.54, 1.807) is 18.3 Å². The highest BCUT2D eigenvalue weighted by molar-refractivity contribution is 6.13. The van der Waals surface area contributed by atoms with Gasteiger partial charge in [0.25, 0.3) is 5.91 Å². The third-order valence-electron chi connectivity index (χ3n) is 4.68. The molecule has 0 atom stereocenters. The Hall–Kier alpha value is -2.34. The molecule has 0 saturated carbocycles. The van der Waals surface area contributed by atoms with Crippen molar-refractivity contribution in [3.8, 4) is 0 Å². The third-order valence-corrected chi connectivity index (χ3v) is 4.68. The fourth-order valence-electron chi connectivity index (χ4n) is 3.28. The van der Waals surface area contributed by atoms with Crippen molar-refractivity contribution in [3.05, 3.63) is 35.5 Å². The number of carbonyl (C=O) groups is 2. The van der Waals surface area contributed by atoms with Crippen molar-refractivity contribution in [1.29, 1.82) is 0 Å². The summed E-state index contributed by atoms with van der Waals surface area (Å²) >= 11 is 0. The number of hydrogen-bond donors (Lipinski definition) is 2. The summed E-state index contributed by atoms with van der Waals surface area (Å²) in [4.78, 5) is 31.6. The number of rotatable bonds is 2. The van der Waals surface area contributed by atoms with Crippen LogP contribution in [0.25, 0.3) is 10.9 Å². The number of carboxylic acid groups (broad SMARTS) is 1. The summed E-state index contributed by atoms with van der Waals surface area (Å²) in [6.07, 6.45) is 1.62. The first-order chi connectivity index (χ1) is 11.3. The summed E-state index contributed by atoms with van der Waals surface area (Å²) in [7, 11) is 0. The third kappa shape index (κ3) is 2.89. The quantitative estimate of drug-likeness (QED) is 0.887. The Morgan fingerprint density at radius 1 is 1.08 bits per heavy atom. The summed E-state index contributed by atoms with van der Waals surface area (Å²) < 4.78 is 0. The minimum Gasteiger partial charge on any atom is -0.478 e. The van der Waals surface area contributed by atoms with Crippen LogP contribution in [0.5, 0.6) is 0 Å². The van der Waals surface area contributed by atoms with Gasteiger partial charge in [0.1, 0.15) is 0 Å². The van der Waals surface area contributed by atoms with Crippen molar-refractivity contribution in [2.24, 2.45) is 0 Å². The van der Waals surface area contributed by atoms with Gasteiger partial charge in [-0.2, -0.15) is 0 Å². The molecule has 1 aliphatic heterocycles. The number of aromatic nitrogens is 1. The average Bonchev–Trinajstić information content (AvgIpc) is 2.97. The van der Waals surface area contributed by atoms with E-state index in [0.717, 1.165) is 13.1 Å². The van der Waals surface area contributed by atoms with Gasteiger partial charge in [0.05, 0.1) is 11.1 Å². The van der Waals surface area contributed by atoms with Crippen molar-refractivity contribution in [2.45, 2.75) is 26.3 Å². The van der Waals surface area contributed by atoms with E-state index in [1.807, 2.05) is 4.90 Å². The van der Waals surface area contributed by atoms with Crippen LogP contribution in [0.1, 0.15) is 41.5 Å². The molecule has 24 heavy (non-hydrogen) atoms. The Kier molecular flexibility index (Phi) is 4.09. The van der Waals surface area contributed by atoms with Crippen LogP contribution in [0.4, 0.5) is 0 Å². The lowest BCUT2D eigenvalue weighted by Crippen LogP contribution is -2.54. The van der Waals surface area contributed by atoms with Crippen LogP contribution >= 0.6 is 0 Å². The molecule has 1 fully saturated rings. The van der Waals surface area contributed by atoms with E-state index in [1.165, 1.54) is 6.07 Å². The van der Waals surface area contributed by atoms with Gasteiger partial charge >= 0.3 is 5.97 Å². The van der Waals surface area contributed by atoms with E-state index in [4.69, 9.17) is 0 Å². The second kappa shape index (κ2) is 5.94. The van der Waals surface area contributed by atoms with Gasteiger partial charge in [0, 0.05) is 48.8 Å². The lowest BCUT2D eigenvalue weighted by molar-refractivity contribution is 0.0452. The first-order valence-corrected chi connectivity index (χ1v) is 8.17. The summed E-state index contributed by atoms with van der Waals surface area (Å²) in [5.41, 5.74) is 1.36. The highest BCUT2D eigenvalue weighted by atomic mass is 16.4. The van der Waals surface area contributed by atoms with Crippen molar-refractivity contribution in [3.63, 3.8) is 0 Å². The maximum Gasteiger partial charge on any atom is 0.336 e. The molecular weight excluding hydrogens is 306 g/mol. The van der Waals surface area contributed by atoms with Crippen LogP contribution in [0, 0.1) is 0 Å². The maximum absolute atomic E-state index is 12.9. The molecule has 0 bridgehead atoms. The van der Waals surface area contributed by atoms with Gasteiger partial charge in [-0.15, -0.1) is 0 Å². The minimum absolute atomic E-state index is 0.0897. The van der Waals surface area contributed by atoms with Crippen LogP contribution < -0.4 is 0 Å². The van der Waals surface area contributed by atoms with Gasteiger partial charge in [-0.05, 0) is 32.9 Å². The normalized spacial score (nSPS) is 16.5. The van der Waals surface area contributed by atoms with E-state index < -0.39 is 5.97 Å². The molecule has 1 aromatic carbocycles. The van der Waals surface area contributed by atoms with Gasteiger partial charge in [-0.1, -0.05) is 6.07 Å². The largest absolute Gasteiger partial charge is 0.478 e. The molecule has 1 saturated heterocycles. The Labute approximate surface area is 141 Å². The molecule has 0 unspecified atom stereocenters. The molecule has 2 aromatic rings. The number of aromatic amines is 1. The van der Waals surface area contributed by atoms with Crippen molar-refractivity contribution in [2.75, 3.05) is 26.2 Å². The molecule has 2 heterocycles. The standard InChI is InChI=1S/C18H23N3O3/c1-18(2,3)21-9-7-20(8-10-21)16(22)13-11-19-14-6-4-5-12(15(13)14)17(23)24/h4-6,11,19H,7-10H2,1-3H3,(H,23,24). The Bertz CT molecular complexity index is 780. The van der Waals surface area contributed by atoms with Crippen molar-refractivity contribution < 1.29 is 14.7 Å².